The molecule has 0 saturated carbocycles. The zero-order chi connectivity index (χ0) is 14.0. The van der Waals surface area contributed by atoms with Crippen LogP contribution in [0.15, 0.2) is 24.7 Å². The maximum Gasteiger partial charge on any atom is 0.417 e. The summed E-state index contributed by atoms with van der Waals surface area (Å²) < 4.78 is 37.4. The van der Waals surface area contributed by atoms with E-state index in [0.29, 0.717) is 5.82 Å². The second-order valence-electron chi connectivity index (χ2n) is 3.89. The van der Waals surface area contributed by atoms with Crippen molar-refractivity contribution in [3.8, 4) is 0 Å². The molecule has 8 heteroatoms. The Labute approximate surface area is 112 Å². The number of nitrogens with one attached hydrogen (secondary N) is 2. The summed E-state index contributed by atoms with van der Waals surface area (Å²) in [5.74, 6) is 0.816. The summed E-state index contributed by atoms with van der Waals surface area (Å²) in [4.78, 5) is 10.6. The first-order chi connectivity index (χ1) is 8.88. The van der Waals surface area contributed by atoms with Crippen molar-refractivity contribution in [3.63, 3.8) is 0 Å². The molecule has 0 aliphatic carbocycles. The fourth-order valence-corrected chi connectivity index (χ4v) is 1.71. The summed E-state index contributed by atoms with van der Waals surface area (Å²) in [7, 11) is 0. The van der Waals surface area contributed by atoms with Gasteiger partial charge in [0.05, 0.1) is 16.6 Å². The van der Waals surface area contributed by atoms with Gasteiger partial charge in [0.1, 0.15) is 11.6 Å². The van der Waals surface area contributed by atoms with Gasteiger partial charge in [-0.05, 0) is 13.0 Å². The van der Waals surface area contributed by atoms with Crippen molar-refractivity contribution in [3.05, 3.63) is 41.1 Å². The van der Waals surface area contributed by atoms with Gasteiger partial charge in [0, 0.05) is 18.6 Å². The molecule has 0 spiro atoms. The second kappa shape index (κ2) is 5.08. The van der Waals surface area contributed by atoms with Crippen LogP contribution in [0.4, 0.5) is 19.0 Å². The summed E-state index contributed by atoms with van der Waals surface area (Å²) in [5.41, 5.74) is -0.881. The van der Waals surface area contributed by atoms with E-state index in [2.05, 4.69) is 20.3 Å². The Kier molecular flexibility index (Phi) is 3.66. The van der Waals surface area contributed by atoms with Crippen molar-refractivity contribution in [2.45, 2.75) is 19.1 Å². The van der Waals surface area contributed by atoms with Gasteiger partial charge in [0.2, 0.25) is 0 Å². The number of rotatable bonds is 3. The number of hydrogen-bond acceptors (Lipinski definition) is 3. The fraction of sp³-hybridized carbons (Fsp3) is 0.273. The SMILES string of the molecule is CC(Nc1ncc(C(F)(F)F)cc1Cl)c1ncc[nH]1. The van der Waals surface area contributed by atoms with Crippen LogP contribution in [0, 0.1) is 0 Å². The largest absolute Gasteiger partial charge is 0.417 e. The number of alkyl halides is 3. The number of aromatic amines is 1. The molecule has 4 nitrogen and oxygen atoms in total. The monoisotopic (exact) mass is 290 g/mol. The summed E-state index contributed by atoms with van der Waals surface area (Å²) >= 11 is 5.79. The third-order valence-electron chi connectivity index (χ3n) is 2.45. The Hall–Kier alpha value is -1.76. The number of halogens is 4. The van der Waals surface area contributed by atoms with Crippen LogP contribution in [0.25, 0.3) is 0 Å². The molecule has 0 saturated heterocycles. The quantitative estimate of drug-likeness (QED) is 0.907. The highest BCUT2D eigenvalue weighted by molar-refractivity contribution is 6.32. The van der Waals surface area contributed by atoms with E-state index in [1.807, 2.05) is 0 Å². The number of hydrogen-bond donors (Lipinski definition) is 2. The molecule has 2 rings (SSSR count). The first-order valence-electron chi connectivity index (χ1n) is 5.36. The van der Waals surface area contributed by atoms with E-state index in [9.17, 15) is 13.2 Å². The predicted molar refractivity (Wildman–Crippen MR) is 64.9 cm³/mol. The highest BCUT2D eigenvalue weighted by Crippen LogP contribution is 2.33. The van der Waals surface area contributed by atoms with Crippen molar-refractivity contribution < 1.29 is 13.2 Å². The van der Waals surface area contributed by atoms with Crippen molar-refractivity contribution in [2.24, 2.45) is 0 Å². The molecule has 2 aromatic rings. The van der Waals surface area contributed by atoms with E-state index in [4.69, 9.17) is 11.6 Å². The molecule has 0 amide bonds. The van der Waals surface area contributed by atoms with Gasteiger partial charge in [-0.15, -0.1) is 0 Å². The Balaban J connectivity index is 2.18. The number of anilines is 1. The molecular formula is C11H10ClF3N4. The third kappa shape index (κ3) is 3.17. The Morgan fingerprint density at radius 3 is 2.63 bits per heavy atom. The zero-order valence-electron chi connectivity index (χ0n) is 9.79. The number of H-pyrrole nitrogens is 1. The minimum atomic E-state index is -4.46. The predicted octanol–water partition coefficient (Wildman–Crippen LogP) is 3.65. The average Bonchev–Trinajstić information content (AvgIpc) is 2.84. The number of nitrogens with zero attached hydrogens (tertiary/aromatic N) is 2. The van der Waals surface area contributed by atoms with E-state index in [-0.39, 0.29) is 16.9 Å². The summed E-state index contributed by atoms with van der Waals surface area (Å²) in [6.07, 6.45) is -0.491. The molecule has 0 bridgehead atoms. The van der Waals surface area contributed by atoms with Crippen LogP contribution < -0.4 is 5.32 Å². The molecule has 2 N–H and O–H groups in total. The number of pyridine rings is 1. The topological polar surface area (TPSA) is 53.6 Å². The molecule has 0 aliphatic heterocycles. The van der Waals surface area contributed by atoms with Crippen LogP contribution in [-0.4, -0.2) is 15.0 Å². The van der Waals surface area contributed by atoms with Crippen molar-refractivity contribution in [1.82, 2.24) is 15.0 Å². The number of imidazole rings is 1. The Morgan fingerprint density at radius 2 is 2.11 bits per heavy atom. The lowest BCUT2D eigenvalue weighted by molar-refractivity contribution is -0.137. The molecule has 19 heavy (non-hydrogen) atoms. The van der Waals surface area contributed by atoms with Crippen LogP contribution in [0.1, 0.15) is 24.4 Å². The molecule has 2 aromatic heterocycles. The normalized spacial score (nSPS) is 13.3. The van der Waals surface area contributed by atoms with Gasteiger partial charge >= 0.3 is 6.18 Å². The van der Waals surface area contributed by atoms with Gasteiger partial charge in [-0.1, -0.05) is 11.6 Å². The van der Waals surface area contributed by atoms with Gasteiger partial charge in [0.15, 0.2) is 0 Å². The molecule has 1 atom stereocenters. The van der Waals surface area contributed by atoms with Gasteiger partial charge in [-0.25, -0.2) is 9.97 Å². The maximum atomic E-state index is 12.5. The van der Waals surface area contributed by atoms with Crippen LogP contribution in [0.3, 0.4) is 0 Å². The van der Waals surface area contributed by atoms with Crippen molar-refractivity contribution >= 4 is 17.4 Å². The fourth-order valence-electron chi connectivity index (χ4n) is 1.49. The van der Waals surface area contributed by atoms with E-state index < -0.39 is 11.7 Å². The minimum Gasteiger partial charge on any atom is -0.359 e. The molecule has 102 valence electrons. The summed E-state index contributed by atoms with van der Waals surface area (Å²) in [6, 6.07) is 0.586. The van der Waals surface area contributed by atoms with Crippen LogP contribution in [0.2, 0.25) is 5.02 Å². The van der Waals surface area contributed by atoms with Crippen molar-refractivity contribution in [2.75, 3.05) is 5.32 Å². The van der Waals surface area contributed by atoms with Gasteiger partial charge in [-0.2, -0.15) is 13.2 Å². The zero-order valence-corrected chi connectivity index (χ0v) is 10.5. The molecule has 0 aromatic carbocycles. The maximum absolute atomic E-state index is 12.5. The Morgan fingerprint density at radius 1 is 1.37 bits per heavy atom. The van der Waals surface area contributed by atoms with Crippen LogP contribution in [-0.2, 0) is 6.18 Å². The smallest absolute Gasteiger partial charge is 0.359 e. The third-order valence-corrected chi connectivity index (χ3v) is 2.74. The van der Waals surface area contributed by atoms with E-state index in [1.165, 1.54) is 0 Å². The minimum absolute atomic E-state index is 0.0896. The van der Waals surface area contributed by atoms with Gasteiger partial charge in [0.25, 0.3) is 0 Å². The summed E-state index contributed by atoms with van der Waals surface area (Å²) in [6.45, 7) is 1.79. The highest BCUT2D eigenvalue weighted by atomic mass is 35.5. The van der Waals surface area contributed by atoms with Gasteiger partial charge in [-0.3, -0.25) is 0 Å². The van der Waals surface area contributed by atoms with Crippen LogP contribution in [0.5, 0.6) is 0 Å². The highest BCUT2D eigenvalue weighted by Gasteiger charge is 2.31. The first-order valence-corrected chi connectivity index (χ1v) is 5.74. The van der Waals surface area contributed by atoms with Gasteiger partial charge < -0.3 is 10.3 Å². The van der Waals surface area contributed by atoms with Crippen molar-refractivity contribution in [1.29, 1.82) is 0 Å². The summed E-state index contributed by atoms with van der Waals surface area (Å²) in [5, 5.41) is 2.80. The lowest BCUT2D eigenvalue weighted by atomic mass is 10.2. The lowest BCUT2D eigenvalue weighted by Crippen LogP contribution is -2.11. The molecule has 1 unspecified atom stereocenters. The molecule has 0 radical (unpaired) electrons. The molecule has 0 aliphatic rings. The number of aromatic nitrogens is 3. The van der Waals surface area contributed by atoms with E-state index in [1.54, 1.807) is 19.3 Å². The average molecular weight is 291 g/mol. The standard InChI is InChI=1S/C11H10ClF3N4/c1-6(9-16-2-3-17-9)19-10-8(12)4-7(5-18-10)11(13,14)15/h2-6H,1H3,(H,16,17)(H,18,19). The molecular weight excluding hydrogens is 281 g/mol. The molecule has 2 heterocycles. The van der Waals surface area contributed by atoms with Crippen LogP contribution >= 0.6 is 11.6 Å². The first kappa shape index (κ1) is 13.7. The Bertz CT molecular complexity index is 554. The van der Waals surface area contributed by atoms with E-state index in [0.717, 1.165) is 12.3 Å². The second-order valence-corrected chi connectivity index (χ2v) is 4.30. The lowest BCUT2D eigenvalue weighted by Gasteiger charge is -2.14. The van der Waals surface area contributed by atoms with E-state index >= 15 is 0 Å². The molecule has 0 fully saturated rings.